The molecule has 1 unspecified atom stereocenters. The van der Waals surface area contributed by atoms with Gasteiger partial charge in [0.1, 0.15) is 17.2 Å². The molecule has 0 bridgehead atoms. The van der Waals surface area contributed by atoms with Gasteiger partial charge in [-0.15, -0.1) is 0 Å². The molecule has 20 heavy (non-hydrogen) atoms. The van der Waals surface area contributed by atoms with E-state index in [0.717, 1.165) is 0 Å². The minimum absolute atomic E-state index is 0.554. The highest BCUT2D eigenvalue weighted by atomic mass is 16.5. The second kappa shape index (κ2) is 6.10. The Hall–Kier alpha value is -2.49. The number of carboxylic acid groups (broad SMARTS) is 1. The molecule has 2 aromatic rings. The lowest BCUT2D eigenvalue weighted by molar-refractivity contribution is -0.138. The number of carboxylic acids is 1. The van der Waals surface area contributed by atoms with Crippen LogP contribution in [0.3, 0.4) is 0 Å². The van der Waals surface area contributed by atoms with Gasteiger partial charge in [-0.3, -0.25) is 4.79 Å². The van der Waals surface area contributed by atoms with Crippen LogP contribution in [0.25, 0.3) is 0 Å². The predicted molar refractivity (Wildman–Crippen MR) is 75.6 cm³/mol. The van der Waals surface area contributed by atoms with Gasteiger partial charge in [-0.1, -0.05) is 18.2 Å². The van der Waals surface area contributed by atoms with E-state index in [-0.39, 0.29) is 0 Å². The van der Waals surface area contributed by atoms with E-state index < -0.39 is 11.9 Å². The largest absolute Gasteiger partial charge is 0.497 e. The summed E-state index contributed by atoms with van der Waals surface area (Å²) in [4.78, 5) is 11.1. The molecule has 0 saturated carbocycles. The van der Waals surface area contributed by atoms with E-state index in [2.05, 4.69) is 0 Å². The summed E-state index contributed by atoms with van der Waals surface area (Å²) in [5.74, 6) is 0.307. The Balaban J connectivity index is 2.33. The summed E-state index contributed by atoms with van der Waals surface area (Å²) in [5, 5.41) is 9.10. The smallest absolute Gasteiger partial charge is 0.310 e. The molecular formula is C16H16O4. The topological polar surface area (TPSA) is 55.8 Å². The molecule has 1 atom stereocenters. The summed E-state index contributed by atoms with van der Waals surface area (Å²) >= 11 is 0. The molecule has 0 spiro atoms. The molecule has 104 valence electrons. The maximum Gasteiger partial charge on any atom is 0.310 e. The molecule has 0 aliphatic carbocycles. The number of aliphatic carboxylic acids is 1. The van der Waals surface area contributed by atoms with Gasteiger partial charge in [0.2, 0.25) is 0 Å². The highest BCUT2D eigenvalue weighted by molar-refractivity contribution is 5.76. The van der Waals surface area contributed by atoms with E-state index in [4.69, 9.17) is 14.6 Å². The van der Waals surface area contributed by atoms with E-state index >= 15 is 0 Å². The van der Waals surface area contributed by atoms with Crippen molar-refractivity contribution in [3.8, 4) is 17.2 Å². The zero-order chi connectivity index (χ0) is 14.5. The molecule has 0 heterocycles. The number of hydrogen-bond acceptors (Lipinski definition) is 3. The van der Waals surface area contributed by atoms with Crippen LogP contribution in [0.1, 0.15) is 18.4 Å². The molecule has 0 aliphatic heterocycles. The molecule has 0 fully saturated rings. The maximum absolute atomic E-state index is 11.1. The third kappa shape index (κ3) is 3.29. The number of ether oxygens (including phenoxy) is 2. The normalized spacial score (nSPS) is 11.7. The molecule has 4 nitrogen and oxygen atoms in total. The van der Waals surface area contributed by atoms with Crippen LogP contribution in [-0.4, -0.2) is 18.2 Å². The number of carbonyl (C=O) groups is 1. The second-order valence-corrected chi connectivity index (χ2v) is 4.42. The van der Waals surface area contributed by atoms with Crippen LogP contribution >= 0.6 is 0 Å². The van der Waals surface area contributed by atoms with Gasteiger partial charge in [-0.05, 0) is 36.8 Å². The molecular weight excluding hydrogens is 256 g/mol. The van der Waals surface area contributed by atoms with Crippen LogP contribution in [-0.2, 0) is 4.79 Å². The minimum atomic E-state index is -0.885. The van der Waals surface area contributed by atoms with Crippen LogP contribution in [0.2, 0.25) is 0 Å². The number of rotatable bonds is 5. The van der Waals surface area contributed by atoms with Crippen molar-refractivity contribution in [2.24, 2.45) is 0 Å². The van der Waals surface area contributed by atoms with E-state index in [0.29, 0.717) is 22.8 Å². The highest BCUT2D eigenvalue weighted by Crippen LogP contribution is 2.30. The lowest BCUT2D eigenvalue weighted by Gasteiger charge is -2.12. The van der Waals surface area contributed by atoms with Crippen LogP contribution in [0, 0.1) is 0 Å². The predicted octanol–water partition coefficient (Wildman–Crippen LogP) is 3.68. The summed E-state index contributed by atoms with van der Waals surface area (Å²) in [6.45, 7) is 1.63. The Morgan fingerprint density at radius 3 is 2.30 bits per heavy atom. The Morgan fingerprint density at radius 2 is 1.70 bits per heavy atom. The zero-order valence-corrected chi connectivity index (χ0v) is 11.4. The summed E-state index contributed by atoms with van der Waals surface area (Å²) in [6.07, 6.45) is 0. The molecule has 2 rings (SSSR count). The minimum Gasteiger partial charge on any atom is -0.497 e. The number of para-hydroxylation sites is 1. The fourth-order valence-corrected chi connectivity index (χ4v) is 1.79. The molecule has 0 aliphatic rings. The number of benzene rings is 2. The third-order valence-corrected chi connectivity index (χ3v) is 2.99. The lowest BCUT2D eigenvalue weighted by atomic mass is 10.0. The van der Waals surface area contributed by atoms with Gasteiger partial charge in [0, 0.05) is 6.07 Å². The summed E-state index contributed by atoms with van der Waals surface area (Å²) in [6, 6.07) is 14.5. The van der Waals surface area contributed by atoms with Crippen molar-refractivity contribution in [3.05, 3.63) is 54.1 Å². The lowest BCUT2D eigenvalue weighted by Crippen LogP contribution is -2.07. The van der Waals surface area contributed by atoms with Gasteiger partial charge in [0.05, 0.1) is 13.0 Å². The van der Waals surface area contributed by atoms with Crippen LogP contribution < -0.4 is 9.47 Å². The van der Waals surface area contributed by atoms with Crippen molar-refractivity contribution in [1.82, 2.24) is 0 Å². The molecule has 0 aromatic heterocycles. The number of hydrogen-bond donors (Lipinski definition) is 1. The van der Waals surface area contributed by atoms with Crippen molar-refractivity contribution in [2.45, 2.75) is 12.8 Å². The number of methoxy groups -OCH3 is 1. The molecule has 0 amide bonds. The highest BCUT2D eigenvalue weighted by Gasteiger charge is 2.16. The van der Waals surface area contributed by atoms with Crippen molar-refractivity contribution in [2.75, 3.05) is 7.11 Å². The molecule has 0 saturated heterocycles. The fourth-order valence-electron chi connectivity index (χ4n) is 1.79. The second-order valence-electron chi connectivity index (χ2n) is 4.42. The van der Waals surface area contributed by atoms with Crippen molar-refractivity contribution in [3.63, 3.8) is 0 Å². The van der Waals surface area contributed by atoms with E-state index in [1.165, 1.54) is 7.11 Å². The first kappa shape index (κ1) is 13.9. The first-order chi connectivity index (χ1) is 9.60. The van der Waals surface area contributed by atoms with Gasteiger partial charge < -0.3 is 14.6 Å². The summed E-state index contributed by atoms with van der Waals surface area (Å²) in [7, 11) is 1.54. The average Bonchev–Trinajstić information content (AvgIpc) is 2.47. The third-order valence-electron chi connectivity index (χ3n) is 2.99. The van der Waals surface area contributed by atoms with Crippen LogP contribution in [0.15, 0.2) is 48.5 Å². The molecule has 4 heteroatoms. The standard InChI is InChI=1S/C16H16O4/c1-11(16(17)18)12-8-14(19-2)10-15(9-12)20-13-6-4-3-5-7-13/h3-11H,1-2H3,(H,17,18). The fraction of sp³-hybridized carbons (Fsp3) is 0.188. The monoisotopic (exact) mass is 272 g/mol. The van der Waals surface area contributed by atoms with E-state index in [9.17, 15) is 4.79 Å². The Labute approximate surface area is 117 Å². The maximum atomic E-state index is 11.1. The Bertz CT molecular complexity index is 593. The first-order valence-corrected chi connectivity index (χ1v) is 6.25. The quantitative estimate of drug-likeness (QED) is 0.902. The van der Waals surface area contributed by atoms with E-state index in [1.54, 1.807) is 25.1 Å². The molecule has 0 radical (unpaired) electrons. The van der Waals surface area contributed by atoms with Crippen LogP contribution in [0.5, 0.6) is 17.2 Å². The summed E-state index contributed by atoms with van der Waals surface area (Å²) in [5.41, 5.74) is 0.641. The van der Waals surface area contributed by atoms with Gasteiger partial charge >= 0.3 is 5.97 Å². The first-order valence-electron chi connectivity index (χ1n) is 6.25. The van der Waals surface area contributed by atoms with Crippen molar-refractivity contribution in [1.29, 1.82) is 0 Å². The molecule has 1 N–H and O–H groups in total. The zero-order valence-electron chi connectivity index (χ0n) is 11.4. The van der Waals surface area contributed by atoms with E-state index in [1.807, 2.05) is 30.3 Å². The van der Waals surface area contributed by atoms with Crippen molar-refractivity contribution >= 4 is 5.97 Å². The average molecular weight is 272 g/mol. The Kier molecular flexibility index (Phi) is 4.25. The van der Waals surface area contributed by atoms with Crippen molar-refractivity contribution < 1.29 is 19.4 Å². The Morgan fingerprint density at radius 1 is 1.05 bits per heavy atom. The van der Waals surface area contributed by atoms with Gasteiger partial charge in [0.25, 0.3) is 0 Å². The molecule has 2 aromatic carbocycles. The van der Waals surface area contributed by atoms with Crippen LogP contribution in [0.4, 0.5) is 0 Å². The summed E-state index contributed by atoms with van der Waals surface area (Å²) < 4.78 is 10.9. The van der Waals surface area contributed by atoms with Gasteiger partial charge in [0.15, 0.2) is 0 Å². The van der Waals surface area contributed by atoms with Gasteiger partial charge in [-0.2, -0.15) is 0 Å². The van der Waals surface area contributed by atoms with Gasteiger partial charge in [-0.25, -0.2) is 0 Å². The SMILES string of the molecule is COc1cc(Oc2ccccc2)cc(C(C)C(=O)O)c1.